The van der Waals surface area contributed by atoms with Crippen LogP contribution in [-0.4, -0.2) is 36.8 Å². The molecule has 1 fully saturated rings. The first-order valence-corrected chi connectivity index (χ1v) is 6.40. The summed E-state index contributed by atoms with van der Waals surface area (Å²) in [4.78, 5) is 0. The van der Waals surface area contributed by atoms with Gasteiger partial charge in [-0.15, -0.1) is 0 Å². The number of hydrogen-bond donors (Lipinski definition) is 1. The van der Waals surface area contributed by atoms with E-state index in [2.05, 4.69) is 25.4 Å². The molecule has 1 saturated heterocycles. The molecule has 1 aliphatic heterocycles. The van der Waals surface area contributed by atoms with Crippen LogP contribution in [0.15, 0.2) is 0 Å². The minimum atomic E-state index is 0.462. The molecular weight excluding hydrogens is 182 g/mol. The predicted molar refractivity (Wildman–Crippen MR) is 59.4 cm³/mol. The van der Waals surface area contributed by atoms with Gasteiger partial charge in [0.05, 0.1) is 12.2 Å². The SMILES string of the molecule is CSC(C)CNCC1CCC(C)O1. The summed E-state index contributed by atoms with van der Waals surface area (Å²) in [5.74, 6) is 0. The van der Waals surface area contributed by atoms with Crippen LogP contribution in [0.25, 0.3) is 0 Å². The topological polar surface area (TPSA) is 21.3 Å². The van der Waals surface area contributed by atoms with Crippen molar-refractivity contribution in [3.63, 3.8) is 0 Å². The zero-order chi connectivity index (χ0) is 9.68. The summed E-state index contributed by atoms with van der Waals surface area (Å²) in [6.45, 7) is 6.52. The third kappa shape index (κ3) is 4.34. The highest BCUT2D eigenvalue weighted by Gasteiger charge is 2.20. The monoisotopic (exact) mass is 203 g/mol. The van der Waals surface area contributed by atoms with E-state index in [0.717, 1.165) is 13.1 Å². The fourth-order valence-corrected chi connectivity index (χ4v) is 1.85. The van der Waals surface area contributed by atoms with E-state index < -0.39 is 0 Å². The molecule has 0 saturated carbocycles. The normalized spacial score (nSPS) is 30.7. The van der Waals surface area contributed by atoms with E-state index in [4.69, 9.17) is 4.74 Å². The fraction of sp³-hybridized carbons (Fsp3) is 1.00. The van der Waals surface area contributed by atoms with Crippen LogP contribution in [0.1, 0.15) is 26.7 Å². The van der Waals surface area contributed by atoms with Gasteiger partial charge in [-0.25, -0.2) is 0 Å². The van der Waals surface area contributed by atoms with E-state index >= 15 is 0 Å². The second-order valence-electron chi connectivity index (χ2n) is 3.85. The second kappa shape index (κ2) is 5.89. The Labute approximate surface area is 85.8 Å². The lowest BCUT2D eigenvalue weighted by Crippen LogP contribution is -2.31. The third-order valence-electron chi connectivity index (χ3n) is 2.53. The smallest absolute Gasteiger partial charge is 0.0704 e. The van der Waals surface area contributed by atoms with Crippen molar-refractivity contribution in [2.24, 2.45) is 0 Å². The van der Waals surface area contributed by atoms with E-state index in [1.165, 1.54) is 12.8 Å². The summed E-state index contributed by atoms with van der Waals surface area (Å²) in [5.41, 5.74) is 0. The Bertz CT molecular complexity index is 143. The lowest BCUT2D eigenvalue weighted by atomic mass is 10.2. The summed E-state index contributed by atoms with van der Waals surface area (Å²) in [6.07, 6.45) is 5.54. The third-order valence-corrected chi connectivity index (χ3v) is 3.50. The first-order chi connectivity index (χ1) is 6.22. The minimum absolute atomic E-state index is 0.462. The number of nitrogens with one attached hydrogen (secondary N) is 1. The van der Waals surface area contributed by atoms with Crippen LogP contribution in [0, 0.1) is 0 Å². The Hall–Kier alpha value is 0.270. The average Bonchev–Trinajstić information content (AvgIpc) is 2.51. The van der Waals surface area contributed by atoms with Crippen LogP contribution in [0.4, 0.5) is 0 Å². The van der Waals surface area contributed by atoms with E-state index in [1.807, 2.05) is 11.8 Å². The largest absolute Gasteiger partial charge is 0.374 e. The Morgan fingerprint density at radius 3 is 2.85 bits per heavy atom. The number of thioether (sulfide) groups is 1. The van der Waals surface area contributed by atoms with E-state index in [1.54, 1.807) is 0 Å². The maximum Gasteiger partial charge on any atom is 0.0704 e. The molecule has 1 rings (SSSR count). The maximum absolute atomic E-state index is 5.71. The van der Waals surface area contributed by atoms with Crippen molar-refractivity contribution in [3.05, 3.63) is 0 Å². The molecule has 0 aliphatic carbocycles. The van der Waals surface area contributed by atoms with Crippen LogP contribution in [0.5, 0.6) is 0 Å². The molecule has 0 bridgehead atoms. The highest BCUT2D eigenvalue weighted by Crippen LogP contribution is 2.18. The molecule has 3 unspecified atom stereocenters. The molecule has 0 amide bonds. The fourth-order valence-electron chi connectivity index (χ4n) is 1.57. The van der Waals surface area contributed by atoms with Gasteiger partial charge in [0.25, 0.3) is 0 Å². The van der Waals surface area contributed by atoms with Crippen LogP contribution < -0.4 is 5.32 Å². The molecule has 0 aromatic heterocycles. The Kier molecular flexibility index (Phi) is 5.14. The van der Waals surface area contributed by atoms with Gasteiger partial charge < -0.3 is 10.1 Å². The van der Waals surface area contributed by atoms with Crippen molar-refractivity contribution >= 4 is 11.8 Å². The molecule has 0 radical (unpaired) electrons. The van der Waals surface area contributed by atoms with Gasteiger partial charge in [0.15, 0.2) is 0 Å². The quantitative estimate of drug-likeness (QED) is 0.737. The Morgan fingerprint density at radius 2 is 2.31 bits per heavy atom. The van der Waals surface area contributed by atoms with Gasteiger partial charge in [0, 0.05) is 18.3 Å². The van der Waals surface area contributed by atoms with Gasteiger partial charge in [-0.05, 0) is 26.0 Å². The zero-order valence-electron chi connectivity index (χ0n) is 8.88. The highest BCUT2D eigenvalue weighted by atomic mass is 32.2. The first kappa shape index (κ1) is 11.3. The summed E-state index contributed by atoms with van der Waals surface area (Å²) in [5, 5.41) is 4.16. The Morgan fingerprint density at radius 1 is 1.54 bits per heavy atom. The summed E-state index contributed by atoms with van der Waals surface area (Å²) in [6, 6.07) is 0. The van der Waals surface area contributed by atoms with Gasteiger partial charge in [-0.3, -0.25) is 0 Å². The minimum Gasteiger partial charge on any atom is -0.374 e. The molecule has 0 spiro atoms. The van der Waals surface area contributed by atoms with Gasteiger partial charge in [-0.1, -0.05) is 6.92 Å². The van der Waals surface area contributed by atoms with Gasteiger partial charge in [0.1, 0.15) is 0 Å². The summed E-state index contributed by atoms with van der Waals surface area (Å²) < 4.78 is 5.71. The van der Waals surface area contributed by atoms with Crippen LogP contribution in [0.3, 0.4) is 0 Å². The van der Waals surface area contributed by atoms with Gasteiger partial charge in [-0.2, -0.15) is 11.8 Å². The van der Waals surface area contributed by atoms with Gasteiger partial charge >= 0.3 is 0 Å². The molecule has 1 N–H and O–H groups in total. The Balaban J connectivity index is 2.00. The van der Waals surface area contributed by atoms with Crippen molar-refractivity contribution in [2.75, 3.05) is 19.3 Å². The molecule has 2 nitrogen and oxygen atoms in total. The number of ether oxygens (including phenoxy) is 1. The molecule has 1 aliphatic rings. The summed E-state index contributed by atoms with van der Waals surface area (Å²) >= 11 is 1.90. The molecule has 13 heavy (non-hydrogen) atoms. The molecule has 0 aromatic carbocycles. The van der Waals surface area contributed by atoms with Crippen LogP contribution >= 0.6 is 11.8 Å². The van der Waals surface area contributed by atoms with Crippen LogP contribution in [-0.2, 0) is 4.74 Å². The molecule has 3 atom stereocenters. The van der Waals surface area contributed by atoms with Gasteiger partial charge in [0.2, 0.25) is 0 Å². The highest BCUT2D eigenvalue weighted by molar-refractivity contribution is 7.99. The van der Waals surface area contributed by atoms with Crippen molar-refractivity contribution in [3.8, 4) is 0 Å². The zero-order valence-corrected chi connectivity index (χ0v) is 9.69. The number of rotatable bonds is 5. The van der Waals surface area contributed by atoms with E-state index in [0.29, 0.717) is 17.5 Å². The average molecular weight is 203 g/mol. The van der Waals surface area contributed by atoms with Crippen molar-refractivity contribution in [1.82, 2.24) is 5.32 Å². The van der Waals surface area contributed by atoms with E-state index in [9.17, 15) is 0 Å². The van der Waals surface area contributed by atoms with Crippen LogP contribution in [0.2, 0.25) is 0 Å². The van der Waals surface area contributed by atoms with Crippen molar-refractivity contribution < 1.29 is 4.74 Å². The van der Waals surface area contributed by atoms with E-state index in [-0.39, 0.29) is 0 Å². The molecule has 0 aromatic rings. The lowest BCUT2D eigenvalue weighted by Gasteiger charge is -2.14. The second-order valence-corrected chi connectivity index (χ2v) is 5.13. The molecule has 1 heterocycles. The molecular formula is C10H21NOS. The molecule has 3 heteroatoms. The molecule has 78 valence electrons. The number of hydrogen-bond acceptors (Lipinski definition) is 3. The van der Waals surface area contributed by atoms with Crippen molar-refractivity contribution in [2.45, 2.75) is 44.1 Å². The maximum atomic E-state index is 5.71. The summed E-state index contributed by atoms with van der Waals surface area (Å²) in [7, 11) is 0. The predicted octanol–water partition coefficient (Wildman–Crippen LogP) is 1.90. The standard InChI is InChI=1S/C10H21NOS/c1-8-4-5-10(12-8)7-11-6-9(2)13-3/h8-11H,4-7H2,1-3H3. The first-order valence-electron chi connectivity index (χ1n) is 5.11. The lowest BCUT2D eigenvalue weighted by molar-refractivity contribution is 0.0562. The van der Waals surface area contributed by atoms with Crippen molar-refractivity contribution in [1.29, 1.82) is 0 Å².